The van der Waals surface area contributed by atoms with Gasteiger partial charge in [-0.05, 0) is 36.3 Å². The minimum absolute atomic E-state index is 0.777. The molecule has 2 aromatic rings. The summed E-state index contributed by atoms with van der Waals surface area (Å²) >= 11 is 11.8. The molecule has 0 aliphatic carbocycles. The van der Waals surface area contributed by atoms with Crippen LogP contribution in [0, 0.1) is 6.92 Å². The molecule has 0 radical (unpaired) electrons. The maximum Gasteiger partial charge on any atom is 0.169 e. The number of thiocarbonyl (C=S) groups is 1. The van der Waals surface area contributed by atoms with Crippen LogP contribution in [0.1, 0.15) is 16.7 Å². The quantitative estimate of drug-likeness (QED) is 0.820. The first-order valence-corrected chi connectivity index (χ1v) is 9.44. The number of benzene rings is 2. The van der Waals surface area contributed by atoms with Crippen molar-refractivity contribution in [2.75, 3.05) is 26.2 Å². The predicted octanol–water partition coefficient (Wildman–Crippen LogP) is 3.84. The van der Waals surface area contributed by atoms with E-state index in [0.29, 0.717) is 0 Å². The van der Waals surface area contributed by atoms with E-state index < -0.39 is 0 Å². The topological polar surface area (TPSA) is 18.5 Å². The van der Waals surface area contributed by atoms with E-state index in [1.807, 2.05) is 18.2 Å². The second kappa shape index (κ2) is 8.65. The summed E-state index contributed by atoms with van der Waals surface area (Å²) in [5.74, 6) is 0. The fraction of sp³-hybridized carbons (Fsp3) is 0.350. The molecule has 1 N–H and O–H groups in total. The van der Waals surface area contributed by atoms with Gasteiger partial charge in [0, 0.05) is 44.3 Å². The number of nitrogens with one attached hydrogen (secondary N) is 1. The number of nitrogens with zero attached hydrogens (tertiary/aromatic N) is 2. The molecule has 0 amide bonds. The average Bonchev–Trinajstić information content (AvgIpc) is 2.63. The SMILES string of the molecule is Cc1ccc(CNC(=S)N2CCN(Cc3ccccc3Cl)CC2)cc1. The maximum absolute atomic E-state index is 6.26. The molecule has 1 heterocycles. The van der Waals surface area contributed by atoms with E-state index in [4.69, 9.17) is 23.8 Å². The molecule has 1 aliphatic rings. The summed E-state index contributed by atoms with van der Waals surface area (Å²) < 4.78 is 0. The first-order chi connectivity index (χ1) is 12.1. The molecule has 1 fully saturated rings. The monoisotopic (exact) mass is 373 g/mol. The van der Waals surface area contributed by atoms with Crippen molar-refractivity contribution in [3.63, 3.8) is 0 Å². The molecule has 5 heteroatoms. The fourth-order valence-corrected chi connectivity index (χ4v) is 3.42. The van der Waals surface area contributed by atoms with Crippen molar-refractivity contribution in [3.8, 4) is 0 Å². The van der Waals surface area contributed by atoms with Crippen molar-refractivity contribution in [1.82, 2.24) is 15.1 Å². The lowest BCUT2D eigenvalue weighted by Crippen LogP contribution is -2.51. The first kappa shape index (κ1) is 18.2. The van der Waals surface area contributed by atoms with Gasteiger partial charge < -0.3 is 10.2 Å². The minimum atomic E-state index is 0.777. The van der Waals surface area contributed by atoms with Gasteiger partial charge in [-0.3, -0.25) is 4.90 Å². The lowest BCUT2D eigenvalue weighted by Gasteiger charge is -2.36. The van der Waals surface area contributed by atoms with E-state index in [1.54, 1.807) is 0 Å². The first-order valence-electron chi connectivity index (χ1n) is 8.66. The highest BCUT2D eigenvalue weighted by atomic mass is 35.5. The van der Waals surface area contributed by atoms with Gasteiger partial charge in [0.05, 0.1) is 0 Å². The molecule has 25 heavy (non-hydrogen) atoms. The second-order valence-corrected chi connectivity index (χ2v) is 7.29. The van der Waals surface area contributed by atoms with Crippen LogP contribution in [0.2, 0.25) is 5.02 Å². The molecule has 0 saturated carbocycles. The highest BCUT2D eigenvalue weighted by Gasteiger charge is 2.19. The Morgan fingerprint density at radius 3 is 2.40 bits per heavy atom. The van der Waals surface area contributed by atoms with E-state index in [1.165, 1.54) is 16.7 Å². The van der Waals surface area contributed by atoms with Gasteiger partial charge in [0.25, 0.3) is 0 Å². The van der Waals surface area contributed by atoms with E-state index in [9.17, 15) is 0 Å². The molecule has 1 aliphatic heterocycles. The summed E-state index contributed by atoms with van der Waals surface area (Å²) in [6.45, 7) is 7.67. The van der Waals surface area contributed by atoms with Crippen LogP contribution < -0.4 is 5.32 Å². The van der Waals surface area contributed by atoms with Gasteiger partial charge >= 0.3 is 0 Å². The van der Waals surface area contributed by atoms with Crippen LogP contribution in [0.3, 0.4) is 0 Å². The third kappa shape index (κ3) is 5.18. The van der Waals surface area contributed by atoms with Crippen molar-refractivity contribution < 1.29 is 0 Å². The normalized spacial score (nSPS) is 15.2. The Hall–Kier alpha value is -1.62. The summed E-state index contributed by atoms with van der Waals surface area (Å²) in [6, 6.07) is 16.6. The van der Waals surface area contributed by atoms with Crippen LogP contribution in [0.25, 0.3) is 0 Å². The van der Waals surface area contributed by atoms with E-state index in [-0.39, 0.29) is 0 Å². The Balaban J connectivity index is 1.44. The largest absolute Gasteiger partial charge is 0.358 e. The van der Waals surface area contributed by atoms with Gasteiger partial charge in [-0.2, -0.15) is 0 Å². The van der Waals surface area contributed by atoms with E-state index in [2.05, 4.69) is 52.4 Å². The van der Waals surface area contributed by atoms with Crippen molar-refractivity contribution in [2.45, 2.75) is 20.0 Å². The summed E-state index contributed by atoms with van der Waals surface area (Å²) in [7, 11) is 0. The molecule has 132 valence electrons. The number of rotatable bonds is 4. The molecule has 1 saturated heterocycles. The molecule has 0 unspecified atom stereocenters. The van der Waals surface area contributed by atoms with Gasteiger partial charge in [0.1, 0.15) is 0 Å². The van der Waals surface area contributed by atoms with Crippen molar-refractivity contribution in [3.05, 3.63) is 70.2 Å². The van der Waals surface area contributed by atoms with Crippen molar-refractivity contribution in [1.29, 1.82) is 0 Å². The Kier molecular flexibility index (Phi) is 6.29. The van der Waals surface area contributed by atoms with Crippen molar-refractivity contribution in [2.24, 2.45) is 0 Å². The number of hydrogen-bond donors (Lipinski definition) is 1. The lowest BCUT2D eigenvalue weighted by atomic mass is 10.1. The van der Waals surface area contributed by atoms with Crippen LogP contribution >= 0.6 is 23.8 Å². The number of hydrogen-bond acceptors (Lipinski definition) is 2. The standard InChI is InChI=1S/C20H24ClN3S/c1-16-6-8-17(9-7-16)14-22-20(25)24-12-10-23(11-13-24)15-18-4-2-3-5-19(18)21/h2-9H,10-15H2,1H3,(H,22,25). The third-order valence-electron chi connectivity index (χ3n) is 4.58. The molecule has 3 rings (SSSR count). The summed E-state index contributed by atoms with van der Waals surface area (Å²) in [6.07, 6.45) is 0. The molecule has 2 aromatic carbocycles. The highest BCUT2D eigenvalue weighted by Crippen LogP contribution is 2.18. The summed E-state index contributed by atoms with van der Waals surface area (Å²) in [4.78, 5) is 4.69. The molecule has 0 bridgehead atoms. The van der Waals surface area contributed by atoms with Crippen LogP contribution in [0.4, 0.5) is 0 Å². The lowest BCUT2D eigenvalue weighted by molar-refractivity contribution is 0.174. The van der Waals surface area contributed by atoms with Crippen molar-refractivity contribution >= 4 is 28.9 Å². The van der Waals surface area contributed by atoms with Gasteiger partial charge in [-0.1, -0.05) is 59.6 Å². The zero-order chi connectivity index (χ0) is 17.6. The smallest absolute Gasteiger partial charge is 0.169 e. The van der Waals surface area contributed by atoms with Crippen LogP contribution in [0.5, 0.6) is 0 Å². The van der Waals surface area contributed by atoms with Gasteiger partial charge in [0.2, 0.25) is 0 Å². The Morgan fingerprint density at radius 2 is 1.72 bits per heavy atom. The second-order valence-electron chi connectivity index (χ2n) is 6.50. The average molecular weight is 374 g/mol. The molecule has 0 aromatic heterocycles. The Labute approximate surface area is 160 Å². The number of halogens is 1. The van der Waals surface area contributed by atoms with E-state index >= 15 is 0 Å². The molecule has 0 spiro atoms. The predicted molar refractivity (Wildman–Crippen MR) is 109 cm³/mol. The zero-order valence-electron chi connectivity index (χ0n) is 14.5. The third-order valence-corrected chi connectivity index (χ3v) is 5.35. The van der Waals surface area contributed by atoms with Gasteiger partial charge in [-0.15, -0.1) is 0 Å². The minimum Gasteiger partial charge on any atom is -0.358 e. The Morgan fingerprint density at radius 1 is 1.04 bits per heavy atom. The Bertz CT molecular complexity index is 709. The molecular weight excluding hydrogens is 350 g/mol. The van der Waals surface area contributed by atoms with Gasteiger partial charge in [-0.25, -0.2) is 0 Å². The summed E-state index contributed by atoms with van der Waals surface area (Å²) in [5.41, 5.74) is 3.73. The molecular formula is C20H24ClN3S. The van der Waals surface area contributed by atoms with E-state index in [0.717, 1.165) is 49.4 Å². The zero-order valence-corrected chi connectivity index (χ0v) is 16.1. The summed E-state index contributed by atoms with van der Waals surface area (Å²) in [5, 5.41) is 5.07. The fourth-order valence-electron chi connectivity index (χ4n) is 2.97. The molecule has 0 atom stereocenters. The van der Waals surface area contributed by atoms with Crippen LogP contribution in [0.15, 0.2) is 48.5 Å². The molecule has 3 nitrogen and oxygen atoms in total. The van der Waals surface area contributed by atoms with Gasteiger partial charge in [0.15, 0.2) is 5.11 Å². The van der Waals surface area contributed by atoms with Crippen LogP contribution in [-0.4, -0.2) is 41.1 Å². The number of piperazine rings is 1. The van der Waals surface area contributed by atoms with Crippen LogP contribution in [-0.2, 0) is 13.1 Å². The number of aryl methyl sites for hydroxylation is 1. The highest BCUT2D eigenvalue weighted by molar-refractivity contribution is 7.80. The maximum atomic E-state index is 6.26.